The summed E-state index contributed by atoms with van der Waals surface area (Å²) in [6.45, 7) is 0. The van der Waals surface area contributed by atoms with Crippen molar-refractivity contribution in [3.63, 3.8) is 0 Å². The smallest absolute Gasteiger partial charge is 0.244 e. The molecule has 0 aliphatic carbocycles. The quantitative estimate of drug-likeness (QED) is 0.387. The highest BCUT2D eigenvalue weighted by molar-refractivity contribution is 6.32. The molecule has 6 heteroatoms. The Hall–Kier alpha value is -2.92. The van der Waals surface area contributed by atoms with E-state index in [4.69, 9.17) is 11.6 Å². The largest absolute Gasteiger partial charge is 0.417 e. The van der Waals surface area contributed by atoms with E-state index >= 15 is 0 Å². The highest BCUT2D eigenvalue weighted by Crippen LogP contribution is 2.38. The van der Waals surface area contributed by atoms with Gasteiger partial charge in [-0.05, 0) is 12.1 Å². The summed E-state index contributed by atoms with van der Waals surface area (Å²) in [5, 5.41) is -0.393. The Labute approximate surface area is 158 Å². The van der Waals surface area contributed by atoms with Gasteiger partial charge in [0.2, 0.25) is 0 Å². The number of aromatic nitrogens is 2. The first kappa shape index (κ1) is 17.5. The number of nitrogens with zero attached hydrogens (tertiary/aromatic N) is 2. The van der Waals surface area contributed by atoms with E-state index in [1.165, 1.54) is 6.07 Å². The highest BCUT2D eigenvalue weighted by atomic mass is 35.5. The average molecular weight is 385 g/mol. The molecule has 0 aliphatic rings. The maximum Gasteiger partial charge on any atom is 0.417 e. The van der Waals surface area contributed by atoms with Crippen LogP contribution in [0.25, 0.3) is 33.5 Å². The minimum Gasteiger partial charge on any atom is -0.244 e. The Morgan fingerprint density at radius 1 is 0.667 bits per heavy atom. The van der Waals surface area contributed by atoms with E-state index in [9.17, 15) is 13.2 Å². The molecule has 0 fully saturated rings. The van der Waals surface area contributed by atoms with E-state index in [0.29, 0.717) is 16.9 Å². The fraction of sp³-hybridized carbons (Fsp3) is 0.0476. The summed E-state index contributed by atoms with van der Waals surface area (Å²) in [5.74, 6) is 0. The van der Waals surface area contributed by atoms with Gasteiger partial charge in [-0.2, -0.15) is 13.2 Å². The number of hydrogen-bond acceptors (Lipinski definition) is 2. The normalized spacial score (nSPS) is 11.7. The summed E-state index contributed by atoms with van der Waals surface area (Å²) in [4.78, 5) is 9.11. The van der Waals surface area contributed by atoms with Crippen molar-refractivity contribution in [3.05, 3.63) is 83.4 Å². The van der Waals surface area contributed by atoms with E-state index in [2.05, 4.69) is 9.97 Å². The van der Waals surface area contributed by atoms with Gasteiger partial charge < -0.3 is 0 Å². The first-order valence-electron chi connectivity index (χ1n) is 8.13. The molecule has 0 amide bonds. The molecular weight excluding hydrogens is 373 g/mol. The van der Waals surface area contributed by atoms with Crippen molar-refractivity contribution >= 4 is 22.6 Å². The molecule has 27 heavy (non-hydrogen) atoms. The Morgan fingerprint density at radius 2 is 1.11 bits per heavy atom. The molecule has 0 radical (unpaired) electrons. The van der Waals surface area contributed by atoms with Gasteiger partial charge in [-0.1, -0.05) is 72.3 Å². The summed E-state index contributed by atoms with van der Waals surface area (Å²) < 4.78 is 39.6. The molecule has 134 valence electrons. The van der Waals surface area contributed by atoms with Crippen LogP contribution < -0.4 is 0 Å². The Bertz CT molecular complexity index is 1110. The lowest BCUT2D eigenvalue weighted by molar-refractivity contribution is -0.137. The molecule has 0 saturated carbocycles. The Morgan fingerprint density at radius 3 is 1.56 bits per heavy atom. The number of fused-ring (bicyclic) bond motifs is 1. The van der Waals surface area contributed by atoms with Crippen molar-refractivity contribution in [1.29, 1.82) is 0 Å². The monoisotopic (exact) mass is 384 g/mol. The summed E-state index contributed by atoms with van der Waals surface area (Å²) >= 11 is 5.86. The molecule has 4 rings (SSSR count). The molecular formula is C21H12ClF3N2. The molecule has 4 aromatic rings. The van der Waals surface area contributed by atoms with Crippen LogP contribution in [-0.4, -0.2) is 9.97 Å². The van der Waals surface area contributed by atoms with E-state index in [-0.39, 0.29) is 5.52 Å². The van der Waals surface area contributed by atoms with E-state index < -0.39 is 16.8 Å². The zero-order valence-corrected chi connectivity index (χ0v) is 14.6. The molecule has 0 atom stereocenters. The zero-order chi connectivity index (χ0) is 19.0. The molecule has 2 nitrogen and oxygen atoms in total. The average Bonchev–Trinajstić information content (AvgIpc) is 2.67. The van der Waals surface area contributed by atoms with Crippen LogP contribution in [0.5, 0.6) is 0 Å². The van der Waals surface area contributed by atoms with Crippen molar-refractivity contribution in [2.75, 3.05) is 0 Å². The van der Waals surface area contributed by atoms with Crippen LogP contribution in [0.3, 0.4) is 0 Å². The topological polar surface area (TPSA) is 25.8 Å². The summed E-state index contributed by atoms with van der Waals surface area (Å²) in [7, 11) is 0. The van der Waals surface area contributed by atoms with Gasteiger partial charge >= 0.3 is 6.18 Å². The van der Waals surface area contributed by atoms with Gasteiger partial charge in [-0.25, -0.2) is 9.97 Å². The minimum atomic E-state index is -4.56. The van der Waals surface area contributed by atoms with Gasteiger partial charge in [-0.3, -0.25) is 0 Å². The maximum absolute atomic E-state index is 13.2. The molecule has 0 spiro atoms. The van der Waals surface area contributed by atoms with Crippen LogP contribution >= 0.6 is 11.6 Å². The van der Waals surface area contributed by atoms with Crippen molar-refractivity contribution in [1.82, 2.24) is 9.97 Å². The fourth-order valence-electron chi connectivity index (χ4n) is 2.89. The van der Waals surface area contributed by atoms with Crippen LogP contribution in [0.1, 0.15) is 5.56 Å². The predicted molar refractivity (Wildman–Crippen MR) is 100 cm³/mol. The van der Waals surface area contributed by atoms with Gasteiger partial charge in [0.05, 0.1) is 33.0 Å². The standard InChI is InChI=1S/C21H12ClF3N2/c22-16-12-18-17(11-15(16)21(23,24)25)26-19(13-7-3-1-4-8-13)20(27-18)14-9-5-2-6-10-14/h1-12H. The third-order valence-electron chi connectivity index (χ3n) is 4.15. The molecule has 3 aromatic carbocycles. The lowest BCUT2D eigenvalue weighted by Gasteiger charge is -2.13. The first-order chi connectivity index (χ1) is 12.9. The van der Waals surface area contributed by atoms with Crippen LogP contribution in [0.2, 0.25) is 5.02 Å². The summed E-state index contributed by atoms with van der Waals surface area (Å²) in [6.07, 6.45) is -4.56. The summed E-state index contributed by atoms with van der Waals surface area (Å²) in [6, 6.07) is 20.8. The maximum atomic E-state index is 13.2. The SMILES string of the molecule is FC(F)(F)c1cc2nc(-c3ccccc3)c(-c3ccccc3)nc2cc1Cl. The van der Waals surface area contributed by atoms with Crippen molar-refractivity contribution in [3.8, 4) is 22.5 Å². The first-order valence-corrected chi connectivity index (χ1v) is 8.50. The Kier molecular flexibility index (Phi) is 4.32. The summed E-state index contributed by atoms with van der Waals surface area (Å²) in [5.41, 5.74) is 2.24. The van der Waals surface area contributed by atoms with Crippen LogP contribution in [-0.2, 0) is 6.18 Å². The third kappa shape index (κ3) is 3.38. The van der Waals surface area contributed by atoms with Crippen LogP contribution in [0, 0.1) is 0 Å². The van der Waals surface area contributed by atoms with Gasteiger partial charge in [-0.15, -0.1) is 0 Å². The van der Waals surface area contributed by atoms with Crippen LogP contribution in [0.15, 0.2) is 72.8 Å². The van der Waals surface area contributed by atoms with Gasteiger partial charge in [0.25, 0.3) is 0 Å². The predicted octanol–water partition coefficient (Wildman–Crippen LogP) is 6.64. The van der Waals surface area contributed by atoms with Gasteiger partial charge in [0.1, 0.15) is 0 Å². The van der Waals surface area contributed by atoms with Gasteiger partial charge in [0, 0.05) is 11.1 Å². The highest BCUT2D eigenvalue weighted by Gasteiger charge is 2.34. The van der Waals surface area contributed by atoms with Crippen molar-refractivity contribution < 1.29 is 13.2 Å². The number of alkyl halides is 3. The molecule has 0 unspecified atom stereocenters. The van der Waals surface area contributed by atoms with Crippen LogP contribution in [0.4, 0.5) is 13.2 Å². The molecule has 0 N–H and O–H groups in total. The minimum absolute atomic E-state index is 0.144. The lowest BCUT2D eigenvalue weighted by atomic mass is 10.0. The van der Waals surface area contributed by atoms with Gasteiger partial charge in [0.15, 0.2) is 0 Å². The van der Waals surface area contributed by atoms with Crippen molar-refractivity contribution in [2.45, 2.75) is 6.18 Å². The van der Waals surface area contributed by atoms with E-state index in [1.54, 1.807) is 0 Å². The fourth-order valence-corrected chi connectivity index (χ4v) is 3.15. The molecule has 0 saturated heterocycles. The number of rotatable bonds is 2. The number of hydrogen-bond donors (Lipinski definition) is 0. The second-order valence-corrected chi connectivity index (χ2v) is 6.38. The third-order valence-corrected chi connectivity index (χ3v) is 4.47. The molecule has 0 bridgehead atoms. The second-order valence-electron chi connectivity index (χ2n) is 5.97. The molecule has 0 aliphatic heterocycles. The molecule has 1 aromatic heterocycles. The second kappa shape index (κ2) is 6.67. The van der Waals surface area contributed by atoms with Crippen molar-refractivity contribution in [2.24, 2.45) is 0 Å². The number of benzene rings is 3. The lowest BCUT2D eigenvalue weighted by Crippen LogP contribution is -2.06. The zero-order valence-electron chi connectivity index (χ0n) is 13.8. The number of halogens is 4. The van der Waals surface area contributed by atoms with E-state index in [1.807, 2.05) is 60.7 Å². The van der Waals surface area contributed by atoms with E-state index in [0.717, 1.165) is 17.2 Å². The Balaban J connectivity index is 2.04. The molecule has 1 heterocycles.